The molecule has 0 spiro atoms. The maximum atomic E-state index is 10.4. The van der Waals surface area contributed by atoms with Gasteiger partial charge in [-0.3, -0.25) is 0 Å². The summed E-state index contributed by atoms with van der Waals surface area (Å²) in [6.45, 7) is 35.5. The summed E-state index contributed by atoms with van der Waals surface area (Å²) in [6.07, 6.45) is 5.11. The van der Waals surface area contributed by atoms with E-state index < -0.39 is 32.9 Å². The summed E-state index contributed by atoms with van der Waals surface area (Å²) < 4.78 is 19.5. The first-order valence-corrected chi connectivity index (χ1v) is 29.9. The molecule has 4 rings (SSSR count). The van der Waals surface area contributed by atoms with Gasteiger partial charge in [0, 0.05) is 26.4 Å². The molecule has 266 valence electrons. The largest absolute Gasteiger partial charge is 2.00 e. The zero-order valence-corrected chi connectivity index (χ0v) is 37.9. The molecule has 0 aromatic heterocycles. The molecule has 6 nitrogen and oxygen atoms in total. The summed E-state index contributed by atoms with van der Waals surface area (Å²) in [5, 5.41) is 20.8. The van der Waals surface area contributed by atoms with Crippen molar-refractivity contribution < 1.29 is 53.8 Å². The number of hydrogen-bond donors (Lipinski definition) is 0. The van der Waals surface area contributed by atoms with Crippen LogP contribution in [0.15, 0.2) is 48.5 Å². The van der Waals surface area contributed by atoms with Gasteiger partial charge < -0.3 is 29.0 Å². The van der Waals surface area contributed by atoms with Crippen LogP contribution in [0.3, 0.4) is 0 Å². The molecule has 2 saturated heterocycles. The van der Waals surface area contributed by atoms with Gasteiger partial charge in [-0.25, -0.2) is 0 Å². The molecule has 0 unspecified atom stereocenters. The zero-order chi connectivity index (χ0) is 34.5. The summed E-state index contributed by atoms with van der Waals surface area (Å²) in [7, 11) is -4.42. The van der Waals surface area contributed by atoms with Gasteiger partial charge in [0.15, 0.2) is 0 Å². The van der Waals surface area contributed by atoms with Crippen molar-refractivity contribution in [3.63, 3.8) is 0 Å². The number of aryl methyl sites for hydroxylation is 2. The van der Waals surface area contributed by atoms with Crippen LogP contribution in [0.25, 0.3) is 9.30 Å². The van der Waals surface area contributed by atoms with E-state index in [0.29, 0.717) is 0 Å². The van der Waals surface area contributed by atoms with Crippen molar-refractivity contribution in [1.29, 1.82) is 0 Å². The van der Waals surface area contributed by atoms with Gasteiger partial charge >= 0.3 is 34.1 Å². The van der Waals surface area contributed by atoms with Crippen molar-refractivity contribution in [1.82, 2.24) is 0 Å². The van der Waals surface area contributed by atoms with Gasteiger partial charge in [-0.15, -0.1) is 11.5 Å². The van der Waals surface area contributed by atoms with E-state index in [0.717, 1.165) is 37.6 Å². The molecule has 0 aliphatic carbocycles. The fourth-order valence-electron chi connectivity index (χ4n) is 4.11. The molecule has 12 heteroatoms. The summed E-state index contributed by atoms with van der Waals surface area (Å²) in [4.78, 5) is 0. The molecule has 2 radical (unpaired) electrons. The first-order chi connectivity index (χ1) is 20.0. The van der Waals surface area contributed by atoms with E-state index in [4.69, 9.17) is 18.8 Å². The Balaban J connectivity index is -0.000000230. The van der Waals surface area contributed by atoms with Crippen molar-refractivity contribution >= 4 is 32.9 Å². The van der Waals surface area contributed by atoms with E-state index in [2.05, 4.69) is 78.6 Å². The maximum Gasteiger partial charge on any atom is 2.00 e. The topological polar surface area (TPSA) is 92.8 Å². The van der Waals surface area contributed by atoms with E-state index in [1.165, 1.54) is 25.7 Å². The summed E-state index contributed by atoms with van der Waals surface area (Å²) in [6, 6.07) is 13.5. The molecule has 2 heterocycles. The van der Waals surface area contributed by atoms with E-state index >= 15 is 0 Å². The maximum absolute atomic E-state index is 10.4. The molecule has 2 aromatic rings. The molecule has 0 N–H and O–H groups in total. The quantitative estimate of drug-likeness (QED) is 0.289. The fraction of sp³-hybridized carbons (Fsp3) is 0.647. The van der Waals surface area contributed by atoms with E-state index in [1.54, 1.807) is 24.3 Å². The third kappa shape index (κ3) is 45.9. The van der Waals surface area contributed by atoms with Crippen molar-refractivity contribution in [2.45, 2.75) is 118 Å². The number of benzene rings is 2. The molecule has 0 saturated carbocycles. The molecule has 0 bridgehead atoms. The van der Waals surface area contributed by atoms with Crippen molar-refractivity contribution in [3.05, 3.63) is 69.0 Å². The minimum absolute atomic E-state index is 0. The van der Waals surface area contributed by atoms with Gasteiger partial charge in [0.25, 0.3) is 0 Å². The molecule has 0 atom stereocenters. The van der Waals surface area contributed by atoms with Crippen LogP contribution in [0.4, 0.5) is 0 Å². The molecule has 2 fully saturated rings. The Labute approximate surface area is 309 Å². The SMILES string of the molecule is C1CCOC1.C1CCOC1.C[Si](C)(C)[N-][Si](C)(C)C.C[Si](C)(C)[N-][Si](C)(C)C.Cc1ccc([O-])cc1.Cc1ccc([O-])cc1.[Mn+2].[Mn+2]. The second-order valence-electron chi connectivity index (χ2n) is 15.2. The van der Waals surface area contributed by atoms with Crippen molar-refractivity contribution in [2.75, 3.05) is 26.4 Å². The van der Waals surface area contributed by atoms with Crippen LogP contribution in [-0.4, -0.2) is 59.4 Å². The Bertz CT molecular complexity index is 791. The molecule has 2 aliphatic heterocycles. The Morgan fingerprint density at radius 2 is 0.630 bits per heavy atom. The predicted molar refractivity (Wildman–Crippen MR) is 201 cm³/mol. The molecule has 0 amide bonds. The predicted octanol–water partition coefficient (Wildman–Crippen LogP) is 9.79. The minimum Gasteiger partial charge on any atom is -0.872 e. The van der Waals surface area contributed by atoms with Gasteiger partial charge in [-0.05, 0) is 39.5 Å². The van der Waals surface area contributed by atoms with Crippen LogP contribution in [0.2, 0.25) is 78.6 Å². The number of hydrogen-bond acceptors (Lipinski definition) is 4. The monoisotopic (exact) mass is 788 g/mol. The number of ether oxygens (including phenoxy) is 2. The zero-order valence-electron chi connectivity index (χ0n) is 31.6. The van der Waals surface area contributed by atoms with Crippen LogP contribution in [0.5, 0.6) is 11.5 Å². The minimum atomic E-state index is -1.11. The Kier molecular flexibility index (Phi) is 31.5. The molecule has 2 aliphatic rings. The molecule has 46 heavy (non-hydrogen) atoms. The Hall–Kier alpha value is -0.214. The van der Waals surface area contributed by atoms with Crippen molar-refractivity contribution in [2.24, 2.45) is 0 Å². The normalized spacial score (nSPS) is 13.9. The van der Waals surface area contributed by atoms with Crippen LogP contribution >= 0.6 is 0 Å². The first kappa shape index (κ1) is 52.6. The number of nitrogens with zero attached hydrogens (tertiary/aromatic N) is 2. The standard InChI is InChI=1S/2C7H8O.2C6H18NSi2.2C4H8O.2Mn/c2*1-6-2-4-7(8)5-3-6;2*1-8(2,3)7-9(4,5)6;2*1-2-4-5-3-1;;/h2*2-5,8H,1H3;2*1-6H3;2*1-4H2;;/q;;2*-1;;;2*+2/p-2. The smallest absolute Gasteiger partial charge is 0.872 e. The second kappa shape index (κ2) is 27.6. The van der Waals surface area contributed by atoms with Gasteiger partial charge in [0.2, 0.25) is 0 Å². The fourth-order valence-corrected chi connectivity index (χ4v) is 20.2. The Morgan fingerprint density at radius 1 is 0.435 bits per heavy atom. The third-order valence-electron chi connectivity index (χ3n) is 5.04. The van der Waals surface area contributed by atoms with Crippen LogP contribution in [0.1, 0.15) is 36.8 Å². The van der Waals surface area contributed by atoms with Crippen LogP contribution in [-0.2, 0) is 43.6 Å². The summed E-state index contributed by atoms with van der Waals surface area (Å²) >= 11 is 0. The van der Waals surface area contributed by atoms with Crippen molar-refractivity contribution in [3.8, 4) is 11.5 Å². The summed E-state index contributed by atoms with van der Waals surface area (Å²) in [5.74, 6) is 0.159. The van der Waals surface area contributed by atoms with E-state index in [-0.39, 0.29) is 45.6 Å². The summed E-state index contributed by atoms with van der Waals surface area (Å²) in [5.41, 5.74) is 2.26. The van der Waals surface area contributed by atoms with Gasteiger partial charge in [-0.1, -0.05) is 171 Å². The van der Waals surface area contributed by atoms with Gasteiger partial charge in [-0.2, -0.15) is 0 Å². The molecular formula is C34H66Mn2N2O4Si4. The Morgan fingerprint density at radius 3 is 0.717 bits per heavy atom. The van der Waals surface area contributed by atoms with Gasteiger partial charge in [0.1, 0.15) is 0 Å². The first-order valence-electron chi connectivity index (χ1n) is 16.1. The second-order valence-corrected chi connectivity index (χ2v) is 34.3. The average molecular weight is 789 g/mol. The average Bonchev–Trinajstić information content (AvgIpc) is 3.59. The van der Waals surface area contributed by atoms with Crippen LogP contribution in [0, 0.1) is 13.8 Å². The van der Waals surface area contributed by atoms with E-state index in [9.17, 15) is 10.2 Å². The van der Waals surface area contributed by atoms with Gasteiger partial charge in [0.05, 0.1) is 0 Å². The third-order valence-corrected chi connectivity index (χ3v) is 15.8. The number of rotatable bonds is 4. The molecule has 2 aromatic carbocycles. The van der Waals surface area contributed by atoms with Crippen LogP contribution < -0.4 is 10.2 Å². The van der Waals surface area contributed by atoms with E-state index in [1.807, 2.05) is 38.1 Å². The molecular weight excluding hydrogens is 723 g/mol.